The molecule has 0 aliphatic rings. The van der Waals surface area contributed by atoms with Gasteiger partial charge in [0.15, 0.2) is 0 Å². The Balaban J connectivity index is 2.77. The third-order valence-electron chi connectivity index (χ3n) is 2.83. The second-order valence-corrected chi connectivity index (χ2v) is 6.65. The molecule has 0 saturated carbocycles. The second-order valence-electron chi connectivity index (χ2n) is 4.81. The standard InChI is InChI=1S/C14H25N3O2S/c1-4-9-17(10-5-2)13-7-8-14(15-12-13)16-20(18,19)11-6-3/h7-8,12H,4-6,9-11H2,1-3H3,(H,15,16). The van der Waals surface area contributed by atoms with E-state index in [0.717, 1.165) is 31.6 Å². The Hall–Kier alpha value is -1.30. The predicted octanol–water partition coefficient (Wildman–Crippen LogP) is 2.86. The molecule has 1 rings (SSSR count). The number of hydrogen-bond donors (Lipinski definition) is 1. The first kappa shape index (κ1) is 16.8. The first-order valence-electron chi connectivity index (χ1n) is 7.23. The van der Waals surface area contributed by atoms with Gasteiger partial charge in [-0.3, -0.25) is 4.72 Å². The van der Waals surface area contributed by atoms with Gasteiger partial charge in [0.2, 0.25) is 10.0 Å². The number of aromatic nitrogens is 1. The van der Waals surface area contributed by atoms with Crippen molar-refractivity contribution in [2.45, 2.75) is 40.0 Å². The maximum absolute atomic E-state index is 11.7. The highest BCUT2D eigenvalue weighted by molar-refractivity contribution is 7.92. The van der Waals surface area contributed by atoms with Gasteiger partial charge >= 0.3 is 0 Å². The highest BCUT2D eigenvalue weighted by Gasteiger charge is 2.10. The first-order valence-corrected chi connectivity index (χ1v) is 8.89. The minimum absolute atomic E-state index is 0.119. The van der Waals surface area contributed by atoms with E-state index in [2.05, 4.69) is 28.5 Å². The Bertz CT molecular complexity index is 480. The van der Waals surface area contributed by atoms with Crippen LogP contribution in [0.25, 0.3) is 0 Å². The molecule has 0 aliphatic carbocycles. The molecule has 0 bridgehead atoms. The fourth-order valence-electron chi connectivity index (χ4n) is 2.02. The monoisotopic (exact) mass is 299 g/mol. The molecular formula is C14H25N3O2S. The molecule has 0 unspecified atom stereocenters. The van der Waals surface area contributed by atoms with Crippen LogP contribution < -0.4 is 9.62 Å². The van der Waals surface area contributed by atoms with E-state index in [1.54, 1.807) is 12.3 Å². The minimum atomic E-state index is -3.26. The summed E-state index contributed by atoms with van der Waals surface area (Å²) in [5.74, 6) is 0.504. The third-order valence-corrected chi connectivity index (χ3v) is 4.30. The van der Waals surface area contributed by atoms with E-state index in [-0.39, 0.29) is 5.75 Å². The minimum Gasteiger partial charge on any atom is -0.370 e. The lowest BCUT2D eigenvalue weighted by molar-refractivity contribution is 0.599. The predicted molar refractivity (Wildman–Crippen MR) is 84.7 cm³/mol. The molecule has 6 heteroatoms. The van der Waals surface area contributed by atoms with Gasteiger partial charge in [0.25, 0.3) is 0 Å². The molecule has 1 heterocycles. The lowest BCUT2D eigenvalue weighted by Crippen LogP contribution is -2.25. The Morgan fingerprint density at radius 3 is 2.20 bits per heavy atom. The molecule has 20 heavy (non-hydrogen) atoms. The highest BCUT2D eigenvalue weighted by Crippen LogP contribution is 2.16. The summed E-state index contributed by atoms with van der Waals surface area (Å²) in [5, 5.41) is 0. The van der Waals surface area contributed by atoms with Gasteiger partial charge in [0.1, 0.15) is 5.82 Å². The van der Waals surface area contributed by atoms with Gasteiger partial charge in [-0.15, -0.1) is 0 Å². The van der Waals surface area contributed by atoms with Crippen molar-refractivity contribution in [3.05, 3.63) is 18.3 Å². The summed E-state index contributed by atoms with van der Waals surface area (Å²) in [6.07, 6.45) is 4.47. The molecule has 0 aromatic carbocycles. The third kappa shape index (κ3) is 5.36. The van der Waals surface area contributed by atoms with E-state index in [1.165, 1.54) is 0 Å². The molecular weight excluding hydrogens is 274 g/mol. The number of rotatable bonds is 9. The molecule has 0 fully saturated rings. The topological polar surface area (TPSA) is 62.3 Å². The number of anilines is 2. The van der Waals surface area contributed by atoms with Gasteiger partial charge in [-0.1, -0.05) is 20.8 Å². The van der Waals surface area contributed by atoms with Crippen LogP contribution in [0, 0.1) is 0 Å². The highest BCUT2D eigenvalue weighted by atomic mass is 32.2. The fraction of sp³-hybridized carbons (Fsp3) is 0.643. The molecule has 114 valence electrons. The first-order chi connectivity index (χ1) is 9.52. The van der Waals surface area contributed by atoms with Gasteiger partial charge in [0.05, 0.1) is 17.6 Å². The van der Waals surface area contributed by atoms with Crippen molar-refractivity contribution in [2.75, 3.05) is 28.5 Å². The fourth-order valence-corrected chi connectivity index (χ4v) is 3.10. The van der Waals surface area contributed by atoms with Gasteiger partial charge in [0, 0.05) is 13.1 Å². The average molecular weight is 299 g/mol. The van der Waals surface area contributed by atoms with Crippen molar-refractivity contribution >= 4 is 21.5 Å². The summed E-state index contributed by atoms with van der Waals surface area (Å²) in [5.41, 5.74) is 1.03. The zero-order chi connectivity index (χ0) is 15.0. The Kier molecular flexibility index (Phi) is 6.78. The Morgan fingerprint density at radius 2 is 1.75 bits per heavy atom. The largest absolute Gasteiger partial charge is 0.370 e. The maximum atomic E-state index is 11.7. The van der Waals surface area contributed by atoms with Crippen LogP contribution in [0.4, 0.5) is 11.5 Å². The quantitative estimate of drug-likeness (QED) is 0.761. The number of sulfonamides is 1. The van der Waals surface area contributed by atoms with E-state index in [9.17, 15) is 8.42 Å². The lowest BCUT2D eigenvalue weighted by atomic mass is 10.3. The van der Waals surface area contributed by atoms with Crippen LogP contribution in [-0.4, -0.2) is 32.2 Å². The van der Waals surface area contributed by atoms with Gasteiger partial charge in [-0.2, -0.15) is 0 Å². The average Bonchev–Trinajstić information content (AvgIpc) is 2.39. The smallest absolute Gasteiger partial charge is 0.233 e. The van der Waals surface area contributed by atoms with Crippen molar-refractivity contribution in [3.63, 3.8) is 0 Å². The summed E-state index contributed by atoms with van der Waals surface area (Å²) in [7, 11) is -3.26. The SMILES string of the molecule is CCCN(CCC)c1ccc(NS(=O)(=O)CCC)nc1. The molecule has 1 aromatic heterocycles. The van der Waals surface area contributed by atoms with E-state index in [4.69, 9.17) is 0 Å². The van der Waals surface area contributed by atoms with Crippen LogP contribution in [-0.2, 0) is 10.0 Å². The van der Waals surface area contributed by atoms with Gasteiger partial charge in [-0.25, -0.2) is 13.4 Å². The summed E-state index contributed by atoms with van der Waals surface area (Å²) in [4.78, 5) is 6.46. The second kappa shape index (κ2) is 8.09. The summed E-state index contributed by atoms with van der Waals surface area (Å²) in [6.45, 7) is 8.09. The maximum Gasteiger partial charge on any atom is 0.233 e. The van der Waals surface area contributed by atoms with E-state index in [1.807, 2.05) is 13.0 Å². The molecule has 5 nitrogen and oxygen atoms in total. The van der Waals surface area contributed by atoms with E-state index < -0.39 is 10.0 Å². The van der Waals surface area contributed by atoms with Gasteiger partial charge in [-0.05, 0) is 31.4 Å². The zero-order valence-electron chi connectivity index (χ0n) is 12.6. The van der Waals surface area contributed by atoms with Crippen LogP contribution in [0.5, 0.6) is 0 Å². The molecule has 0 spiro atoms. The van der Waals surface area contributed by atoms with E-state index >= 15 is 0 Å². The number of pyridine rings is 1. The summed E-state index contributed by atoms with van der Waals surface area (Å²) < 4.78 is 25.8. The normalized spacial score (nSPS) is 11.3. The van der Waals surface area contributed by atoms with Crippen molar-refractivity contribution in [3.8, 4) is 0 Å². The number of nitrogens with one attached hydrogen (secondary N) is 1. The van der Waals surface area contributed by atoms with E-state index in [0.29, 0.717) is 12.2 Å². The molecule has 0 radical (unpaired) electrons. The Labute approximate surface area is 122 Å². The van der Waals surface area contributed by atoms with Crippen molar-refractivity contribution in [1.29, 1.82) is 0 Å². The van der Waals surface area contributed by atoms with Crippen LogP contribution in [0.1, 0.15) is 40.0 Å². The number of nitrogens with zero attached hydrogens (tertiary/aromatic N) is 2. The molecule has 1 aromatic rings. The number of hydrogen-bond acceptors (Lipinski definition) is 4. The van der Waals surface area contributed by atoms with Crippen molar-refractivity contribution < 1.29 is 8.42 Å². The van der Waals surface area contributed by atoms with Crippen molar-refractivity contribution in [1.82, 2.24) is 4.98 Å². The molecule has 0 atom stereocenters. The van der Waals surface area contributed by atoms with Crippen LogP contribution in [0.2, 0.25) is 0 Å². The van der Waals surface area contributed by atoms with Gasteiger partial charge < -0.3 is 4.90 Å². The molecule has 0 saturated heterocycles. The van der Waals surface area contributed by atoms with Crippen molar-refractivity contribution in [2.24, 2.45) is 0 Å². The van der Waals surface area contributed by atoms with Crippen LogP contribution in [0.15, 0.2) is 18.3 Å². The Morgan fingerprint density at radius 1 is 1.10 bits per heavy atom. The summed E-state index contributed by atoms with van der Waals surface area (Å²) in [6, 6.07) is 3.64. The van der Waals surface area contributed by atoms with Crippen LogP contribution in [0.3, 0.4) is 0 Å². The molecule has 1 N–H and O–H groups in total. The summed E-state index contributed by atoms with van der Waals surface area (Å²) >= 11 is 0. The molecule has 0 aliphatic heterocycles. The zero-order valence-corrected chi connectivity index (χ0v) is 13.4. The lowest BCUT2D eigenvalue weighted by Gasteiger charge is -2.23. The molecule has 0 amide bonds. The van der Waals surface area contributed by atoms with Crippen LogP contribution >= 0.6 is 0 Å².